The van der Waals surface area contributed by atoms with Crippen molar-refractivity contribution in [1.82, 2.24) is 10.6 Å². The average Bonchev–Trinajstić information content (AvgIpc) is 2.92. The molecule has 1 aromatic rings. The molecule has 0 radical (unpaired) electrons. The topological polar surface area (TPSA) is 41.1 Å². The van der Waals surface area contributed by atoms with Crippen molar-refractivity contribution in [2.24, 2.45) is 5.92 Å². The van der Waals surface area contributed by atoms with Gasteiger partial charge in [-0.15, -0.1) is 0 Å². The Balaban J connectivity index is 1.99. The molecule has 1 saturated carbocycles. The molecule has 1 fully saturated rings. The van der Waals surface area contributed by atoms with E-state index >= 15 is 0 Å². The molecule has 1 heterocycles. The van der Waals surface area contributed by atoms with E-state index in [9.17, 15) is 4.79 Å². The second-order valence-corrected chi connectivity index (χ2v) is 5.84. The van der Waals surface area contributed by atoms with Crippen LogP contribution in [-0.4, -0.2) is 19.0 Å². The summed E-state index contributed by atoms with van der Waals surface area (Å²) in [4.78, 5) is 11.9. The van der Waals surface area contributed by atoms with Crippen molar-refractivity contribution >= 4 is 17.2 Å². The van der Waals surface area contributed by atoms with Crippen LogP contribution in [0.15, 0.2) is 16.8 Å². The van der Waals surface area contributed by atoms with E-state index in [0.29, 0.717) is 12.1 Å². The maximum absolute atomic E-state index is 11.9. The zero-order valence-electron chi connectivity index (χ0n) is 11.1. The van der Waals surface area contributed by atoms with Gasteiger partial charge in [-0.25, -0.2) is 0 Å². The van der Waals surface area contributed by atoms with E-state index in [2.05, 4.69) is 34.4 Å². The Labute approximate surface area is 113 Å². The fourth-order valence-electron chi connectivity index (χ4n) is 2.77. The molecule has 2 N–H and O–H groups in total. The Bertz CT molecular complexity index is 377. The van der Waals surface area contributed by atoms with Crippen molar-refractivity contribution in [2.75, 3.05) is 7.05 Å². The summed E-state index contributed by atoms with van der Waals surface area (Å²) < 4.78 is 0. The SMILES string of the molecule is CNC(=O)[C@@H]1CCCC[C@@H]1N[C@H](C)c1ccsc1. The Hall–Kier alpha value is -0.870. The van der Waals surface area contributed by atoms with E-state index in [1.54, 1.807) is 18.4 Å². The molecule has 1 aromatic heterocycles. The fourth-order valence-corrected chi connectivity index (χ4v) is 3.52. The number of hydrogen-bond donors (Lipinski definition) is 2. The zero-order chi connectivity index (χ0) is 13.0. The monoisotopic (exact) mass is 266 g/mol. The molecule has 18 heavy (non-hydrogen) atoms. The van der Waals surface area contributed by atoms with E-state index in [0.717, 1.165) is 12.8 Å². The van der Waals surface area contributed by atoms with E-state index < -0.39 is 0 Å². The third kappa shape index (κ3) is 3.12. The van der Waals surface area contributed by atoms with Crippen molar-refractivity contribution in [3.05, 3.63) is 22.4 Å². The van der Waals surface area contributed by atoms with Gasteiger partial charge in [-0.1, -0.05) is 12.8 Å². The van der Waals surface area contributed by atoms with Crippen molar-refractivity contribution in [2.45, 2.75) is 44.7 Å². The molecule has 3 nitrogen and oxygen atoms in total. The lowest BCUT2D eigenvalue weighted by molar-refractivity contribution is -0.126. The highest BCUT2D eigenvalue weighted by Crippen LogP contribution is 2.27. The van der Waals surface area contributed by atoms with Crippen LogP contribution >= 0.6 is 11.3 Å². The highest BCUT2D eigenvalue weighted by Gasteiger charge is 2.31. The number of thiophene rings is 1. The van der Waals surface area contributed by atoms with Crippen molar-refractivity contribution in [3.63, 3.8) is 0 Å². The summed E-state index contributed by atoms with van der Waals surface area (Å²) in [6.45, 7) is 2.18. The summed E-state index contributed by atoms with van der Waals surface area (Å²) >= 11 is 1.72. The molecule has 0 unspecified atom stereocenters. The Morgan fingerprint density at radius 2 is 2.22 bits per heavy atom. The first kappa shape index (κ1) is 13.6. The number of hydrogen-bond acceptors (Lipinski definition) is 3. The van der Waals surface area contributed by atoms with E-state index in [1.807, 2.05) is 0 Å². The Morgan fingerprint density at radius 3 is 2.89 bits per heavy atom. The fraction of sp³-hybridized carbons (Fsp3) is 0.643. The van der Waals surface area contributed by atoms with Crippen LogP contribution in [0.25, 0.3) is 0 Å². The van der Waals surface area contributed by atoms with E-state index in [1.165, 1.54) is 18.4 Å². The molecule has 0 bridgehead atoms. The van der Waals surface area contributed by atoms with Gasteiger partial charge in [0.25, 0.3) is 0 Å². The number of rotatable bonds is 4. The third-order valence-electron chi connectivity index (χ3n) is 3.86. The molecule has 3 atom stereocenters. The molecule has 1 aliphatic carbocycles. The van der Waals surface area contributed by atoms with Crippen molar-refractivity contribution in [1.29, 1.82) is 0 Å². The van der Waals surface area contributed by atoms with Gasteiger partial charge in [0.05, 0.1) is 5.92 Å². The van der Waals surface area contributed by atoms with Gasteiger partial charge in [-0.05, 0) is 42.2 Å². The molecule has 1 amide bonds. The summed E-state index contributed by atoms with van der Waals surface area (Å²) in [5.74, 6) is 0.314. The van der Waals surface area contributed by atoms with Crippen molar-refractivity contribution < 1.29 is 4.79 Å². The second-order valence-electron chi connectivity index (χ2n) is 5.06. The summed E-state index contributed by atoms with van der Waals surface area (Å²) in [6.07, 6.45) is 4.50. The quantitative estimate of drug-likeness (QED) is 0.880. The van der Waals surface area contributed by atoms with Gasteiger partial charge in [0.2, 0.25) is 5.91 Å². The van der Waals surface area contributed by atoms with Crippen LogP contribution in [0.2, 0.25) is 0 Å². The predicted molar refractivity (Wildman–Crippen MR) is 75.7 cm³/mol. The molecule has 100 valence electrons. The number of carbonyl (C=O) groups is 1. The Kier molecular flexibility index (Phi) is 4.78. The minimum atomic E-state index is 0.129. The minimum Gasteiger partial charge on any atom is -0.359 e. The van der Waals surface area contributed by atoms with Crippen LogP contribution in [-0.2, 0) is 4.79 Å². The first-order valence-electron chi connectivity index (χ1n) is 6.72. The average molecular weight is 266 g/mol. The maximum atomic E-state index is 11.9. The number of amides is 1. The zero-order valence-corrected chi connectivity index (χ0v) is 11.9. The van der Waals surface area contributed by atoms with Crippen LogP contribution in [0.4, 0.5) is 0 Å². The predicted octanol–water partition coefficient (Wildman–Crippen LogP) is 2.70. The van der Waals surface area contributed by atoms with Gasteiger partial charge < -0.3 is 10.6 Å². The largest absolute Gasteiger partial charge is 0.359 e. The highest BCUT2D eigenvalue weighted by atomic mass is 32.1. The molecule has 4 heteroatoms. The molecule has 0 saturated heterocycles. The highest BCUT2D eigenvalue weighted by molar-refractivity contribution is 7.07. The molecular weight excluding hydrogens is 244 g/mol. The molecule has 0 aliphatic heterocycles. The summed E-state index contributed by atoms with van der Waals surface area (Å²) in [5, 5.41) is 10.7. The van der Waals surface area contributed by atoms with Crippen LogP contribution in [0.3, 0.4) is 0 Å². The normalized spacial score (nSPS) is 25.7. The second kappa shape index (κ2) is 6.34. The standard InChI is InChI=1S/C14H22N2OS/c1-10(11-7-8-18-9-11)16-13-6-4-3-5-12(13)14(17)15-2/h7-10,12-13,16H,3-6H2,1-2H3,(H,15,17)/t10-,12-,13+/m1/s1. The van der Waals surface area contributed by atoms with Gasteiger partial charge in [-0.2, -0.15) is 11.3 Å². The van der Waals surface area contributed by atoms with Gasteiger partial charge in [0.1, 0.15) is 0 Å². The van der Waals surface area contributed by atoms with Crippen LogP contribution in [0.5, 0.6) is 0 Å². The van der Waals surface area contributed by atoms with Gasteiger partial charge >= 0.3 is 0 Å². The molecule has 2 rings (SSSR count). The van der Waals surface area contributed by atoms with E-state index in [4.69, 9.17) is 0 Å². The molecular formula is C14H22N2OS. The smallest absolute Gasteiger partial charge is 0.224 e. The van der Waals surface area contributed by atoms with Crippen LogP contribution < -0.4 is 10.6 Å². The van der Waals surface area contributed by atoms with Crippen LogP contribution in [0, 0.1) is 5.92 Å². The number of carbonyl (C=O) groups excluding carboxylic acids is 1. The van der Waals surface area contributed by atoms with Gasteiger partial charge in [0, 0.05) is 19.1 Å². The Morgan fingerprint density at radius 1 is 1.44 bits per heavy atom. The molecule has 0 spiro atoms. The lowest BCUT2D eigenvalue weighted by atomic mass is 9.83. The first-order valence-corrected chi connectivity index (χ1v) is 7.66. The summed E-state index contributed by atoms with van der Waals surface area (Å²) in [6, 6.07) is 2.79. The summed E-state index contributed by atoms with van der Waals surface area (Å²) in [7, 11) is 1.73. The van der Waals surface area contributed by atoms with Crippen LogP contribution in [0.1, 0.15) is 44.2 Å². The maximum Gasteiger partial charge on any atom is 0.224 e. The lowest BCUT2D eigenvalue weighted by Crippen LogP contribution is -2.46. The lowest BCUT2D eigenvalue weighted by Gasteiger charge is -2.33. The molecule has 1 aliphatic rings. The van der Waals surface area contributed by atoms with E-state index in [-0.39, 0.29) is 11.8 Å². The summed E-state index contributed by atoms with van der Waals surface area (Å²) in [5.41, 5.74) is 1.32. The minimum absolute atomic E-state index is 0.129. The molecule has 0 aromatic carbocycles. The third-order valence-corrected chi connectivity index (χ3v) is 4.56. The van der Waals surface area contributed by atoms with Crippen molar-refractivity contribution in [3.8, 4) is 0 Å². The number of nitrogens with one attached hydrogen (secondary N) is 2. The van der Waals surface area contributed by atoms with Gasteiger partial charge in [0.15, 0.2) is 0 Å². The van der Waals surface area contributed by atoms with Gasteiger partial charge in [-0.3, -0.25) is 4.79 Å². The first-order chi connectivity index (χ1) is 8.72.